The zero-order chi connectivity index (χ0) is 17.1. The Kier molecular flexibility index (Phi) is 4.94. The SMILES string of the molecule is Cc1ccc(CN2CC[C@H](CNC(=O)c3cnco3)C2)c(C)c1F. The molecule has 0 bridgehead atoms. The maximum absolute atomic E-state index is 14.0. The van der Waals surface area contributed by atoms with E-state index in [0.717, 1.165) is 37.2 Å². The number of aryl methyl sites for hydroxylation is 1. The van der Waals surface area contributed by atoms with E-state index in [1.807, 2.05) is 19.1 Å². The van der Waals surface area contributed by atoms with Crippen molar-refractivity contribution < 1.29 is 13.6 Å². The van der Waals surface area contributed by atoms with E-state index in [4.69, 9.17) is 4.42 Å². The highest BCUT2D eigenvalue weighted by molar-refractivity contribution is 5.90. The van der Waals surface area contributed by atoms with Gasteiger partial charge in [0, 0.05) is 19.6 Å². The van der Waals surface area contributed by atoms with Crippen LogP contribution in [0.15, 0.2) is 29.1 Å². The Bertz CT molecular complexity index is 715. The van der Waals surface area contributed by atoms with E-state index < -0.39 is 0 Å². The molecule has 5 nitrogen and oxygen atoms in total. The fourth-order valence-electron chi connectivity index (χ4n) is 3.15. The third kappa shape index (κ3) is 3.64. The fraction of sp³-hybridized carbons (Fsp3) is 0.444. The van der Waals surface area contributed by atoms with Gasteiger partial charge in [0.2, 0.25) is 5.76 Å². The molecule has 2 heterocycles. The Morgan fingerprint density at radius 2 is 2.29 bits per heavy atom. The highest BCUT2D eigenvalue weighted by Crippen LogP contribution is 2.22. The topological polar surface area (TPSA) is 58.4 Å². The molecule has 3 rings (SSSR count). The van der Waals surface area contributed by atoms with Crippen LogP contribution in [0.2, 0.25) is 0 Å². The lowest BCUT2D eigenvalue weighted by molar-refractivity contribution is 0.0919. The van der Waals surface area contributed by atoms with Crippen molar-refractivity contribution in [3.63, 3.8) is 0 Å². The van der Waals surface area contributed by atoms with Crippen LogP contribution in [0, 0.1) is 25.6 Å². The number of nitrogens with one attached hydrogen (secondary N) is 1. The summed E-state index contributed by atoms with van der Waals surface area (Å²) in [6, 6.07) is 3.84. The summed E-state index contributed by atoms with van der Waals surface area (Å²) in [4.78, 5) is 17.9. The second kappa shape index (κ2) is 7.13. The quantitative estimate of drug-likeness (QED) is 0.915. The van der Waals surface area contributed by atoms with Crippen LogP contribution in [0.5, 0.6) is 0 Å². The second-order valence-corrected chi connectivity index (χ2v) is 6.45. The standard InChI is InChI=1S/C18H22FN3O2/c1-12-3-4-15(13(2)17(12)19)10-22-6-5-14(9-22)7-21-18(23)16-8-20-11-24-16/h3-4,8,11,14H,5-7,9-10H2,1-2H3,(H,21,23)/t14-/m1/s1. The maximum Gasteiger partial charge on any atom is 0.288 e. The molecule has 1 aliphatic rings. The first kappa shape index (κ1) is 16.6. The van der Waals surface area contributed by atoms with Gasteiger partial charge in [0.25, 0.3) is 5.91 Å². The molecule has 1 saturated heterocycles. The zero-order valence-corrected chi connectivity index (χ0v) is 14.0. The molecule has 1 amide bonds. The molecule has 1 aliphatic heterocycles. The Morgan fingerprint density at radius 3 is 3.04 bits per heavy atom. The molecule has 1 atom stereocenters. The predicted octanol–water partition coefficient (Wildman–Crippen LogP) is 2.68. The number of hydrogen-bond donors (Lipinski definition) is 1. The first-order chi connectivity index (χ1) is 11.5. The number of carbonyl (C=O) groups is 1. The molecule has 2 aromatic rings. The van der Waals surface area contributed by atoms with Crippen LogP contribution in [0.1, 0.15) is 33.7 Å². The second-order valence-electron chi connectivity index (χ2n) is 6.45. The summed E-state index contributed by atoms with van der Waals surface area (Å²) >= 11 is 0. The van der Waals surface area contributed by atoms with Gasteiger partial charge >= 0.3 is 0 Å². The minimum atomic E-state index is -0.234. The highest BCUT2D eigenvalue weighted by atomic mass is 19.1. The van der Waals surface area contributed by atoms with Crippen LogP contribution in [0.4, 0.5) is 4.39 Å². The molecule has 0 aliphatic carbocycles. The van der Waals surface area contributed by atoms with Gasteiger partial charge in [0.1, 0.15) is 5.82 Å². The van der Waals surface area contributed by atoms with Crippen molar-refractivity contribution in [2.45, 2.75) is 26.8 Å². The van der Waals surface area contributed by atoms with E-state index in [1.54, 1.807) is 6.92 Å². The van der Waals surface area contributed by atoms with Crippen molar-refractivity contribution in [3.05, 3.63) is 53.0 Å². The molecule has 6 heteroatoms. The van der Waals surface area contributed by atoms with Crippen molar-refractivity contribution in [1.82, 2.24) is 15.2 Å². The molecular weight excluding hydrogens is 309 g/mol. The minimum absolute atomic E-state index is 0.109. The Labute approximate surface area is 140 Å². The molecule has 0 unspecified atom stereocenters. The van der Waals surface area contributed by atoms with Crippen molar-refractivity contribution in [2.24, 2.45) is 5.92 Å². The van der Waals surface area contributed by atoms with Gasteiger partial charge in [-0.1, -0.05) is 12.1 Å². The smallest absolute Gasteiger partial charge is 0.288 e. The van der Waals surface area contributed by atoms with Crippen LogP contribution in [0.3, 0.4) is 0 Å². The van der Waals surface area contributed by atoms with E-state index >= 15 is 0 Å². The van der Waals surface area contributed by atoms with E-state index in [1.165, 1.54) is 12.6 Å². The van der Waals surface area contributed by atoms with Gasteiger partial charge < -0.3 is 9.73 Å². The van der Waals surface area contributed by atoms with Crippen molar-refractivity contribution in [2.75, 3.05) is 19.6 Å². The van der Waals surface area contributed by atoms with E-state index in [2.05, 4.69) is 15.2 Å². The molecule has 1 fully saturated rings. The van der Waals surface area contributed by atoms with Gasteiger partial charge in [-0.15, -0.1) is 0 Å². The molecule has 0 radical (unpaired) electrons. The number of amides is 1. The lowest BCUT2D eigenvalue weighted by Crippen LogP contribution is -2.30. The number of nitrogens with zero attached hydrogens (tertiary/aromatic N) is 2. The number of aromatic nitrogens is 1. The number of rotatable bonds is 5. The van der Waals surface area contributed by atoms with Crippen LogP contribution < -0.4 is 5.32 Å². The number of halogens is 1. The maximum atomic E-state index is 14.0. The Morgan fingerprint density at radius 1 is 1.46 bits per heavy atom. The number of oxazole rings is 1. The molecule has 0 spiro atoms. The summed E-state index contributed by atoms with van der Waals surface area (Å²) in [6.45, 7) is 6.83. The predicted molar refractivity (Wildman–Crippen MR) is 88.1 cm³/mol. The first-order valence-corrected chi connectivity index (χ1v) is 8.18. The first-order valence-electron chi connectivity index (χ1n) is 8.18. The number of carbonyl (C=O) groups excluding carboxylic acids is 1. The summed E-state index contributed by atoms with van der Waals surface area (Å²) in [5.41, 5.74) is 2.45. The fourth-order valence-corrected chi connectivity index (χ4v) is 3.15. The molecule has 1 aromatic carbocycles. The van der Waals surface area contributed by atoms with Crippen LogP contribution in [-0.4, -0.2) is 35.4 Å². The normalized spacial score (nSPS) is 18.0. The van der Waals surface area contributed by atoms with Gasteiger partial charge in [-0.2, -0.15) is 0 Å². The zero-order valence-electron chi connectivity index (χ0n) is 14.0. The van der Waals surface area contributed by atoms with E-state index in [-0.39, 0.29) is 17.5 Å². The average molecular weight is 331 g/mol. The lowest BCUT2D eigenvalue weighted by atomic mass is 10.0. The average Bonchev–Trinajstić information content (AvgIpc) is 3.25. The van der Waals surface area contributed by atoms with Gasteiger partial charge in [0.05, 0.1) is 6.20 Å². The number of hydrogen-bond acceptors (Lipinski definition) is 4. The van der Waals surface area contributed by atoms with Crippen molar-refractivity contribution in [3.8, 4) is 0 Å². The highest BCUT2D eigenvalue weighted by Gasteiger charge is 2.24. The lowest BCUT2D eigenvalue weighted by Gasteiger charge is -2.18. The molecular formula is C18H22FN3O2. The Hall–Kier alpha value is -2.21. The largest absolute Gasteiger partial charge is 0.438 e. The van der Waals surface area contributed by atoms with Gasteiger partial charge in [-0.25, -0.2) is 9.37 Å². The summed E-state index contributed by atoms with van der Waals surface area (Å²) in [7, 11) is 0. The van der Waals surface area contributed by atoms with E-state index in [0.29, 0.717) is 18.0 Å². The van der Waals surface area contributed by atoms with Gasteiger partial charge in [-0.3, -0.25) is 9.69 Å². The molecule has 128 valence electrons. The van der Waals surface area contributed by atoms with Crippen molar-refractivity contribution in [1.29, 1.82) is 0 Å². The summed E-state index contributed by atoms with van der Waals surface area (Å²) in [5, 5.41) is 2.88. The summed E-state index contributed by atoms with van der Waals surface area (Å²) < 4.78 is 19.0. The number of benzene rings is 1. The van der Waals surface area contributed by atoms with Gasteiger partial charge in [0.15, 0.2) is 6.39 Å². The molecule has 1 N–H and O–H groups in total. The third-order valence-electron chi connectivity index (χ3n) is 4.66. The number of likely N-dealkylation sites (tertiary alicyclic amines) is 1. The van der Waals surface area contributed by atoms with Crippen LogP contribution in [0.25, 0.3) is 0 Å². The Balaban J connectivity index is 1.51. The van der Waals surface area contributed by atoms with Gasteiger partial charge in [-0.05, 0) is 49.4 Å². The minimum Gasteiger partial charge on any atom is -0.438 e. The third-order valence-corrected chi connectivity index (χ3v) is 4.66. The van der Waals surface area contributed by atoms with Crippen LogP contribution >= 0.6 is 0 Å². The summed E-state index contributed by atoms with van der Waals surface area (Å²) in [5.74, 6) is 0.285. The van der Waals surface area contributed by atoms with E-state index in [9.17, 15) is 9.18 Å². The molecule has 0 saturated carbocycles. The van der Waals surface area contributed by atoms with Crippen molar-refractivity contribution >= 4 is 5.91 Å². The molecule has 1 aromatic heterocycles. The summed E-state index contributed by atoms with van der Waals surface area (Å²) in [6.07, 6.45) is 3.67. The monoisotopic (exact) mass is 331 g/mol. The molecule has 24 heavy (non-hydrogen) atoms. The van der Waals surface area contributed by atoms with Crippen LogP contribution in [-0.2, 0) is 6.54 Å².